The summed E-state index contributed by atoms with van der Waals surface area (Å²) in [5, 5.41) is 12.2. The van der Waals surface area contributed by atoms with E-state index in [0.717, 1.165) is 13.0 Å². The van der Waals surface area contributed by atoms with Gasteiger partial charge in [-0.3, -0.25) is 0 Å². The molecule has 1 rings (SSSR count). The first-order valence-electron chi connectivity index (χ1n) is 5.24. The van der Waals surface area contributed by atoms with Gasteiger partial charge in [0, 0.05) is 25.0 Å². The van der Waals surface area contributed by atoms with E-state index in [1.54, 1.807) is 11.8 Å². The normalized spacial score (nSPS) is 24.1. The van der Waals surface area contributed by atoms with Gasteiger partial charge in [0.2, 0.25) is 0 Å². The molecule has 0 bridgehead atoms. The van der Waals surface area contributed by atoms with E-state index in [4.69, 9.17) is 0 Å². The summed E-state index contributed by atoms with van der Waals surface area (Å²) in [6.45, 7) is 7.11. The van der Waals surface area contributed by atoms with Crippen LogP contribution in [-0.4, -0.2) is 41.3 Å². The van der Waals surface area contributed by atoms with Gasteiger partial charge >= 0.3 is 6.03 Å². The zero-order chi connectivity index (χ0) is 10.7. The number of carbonyl (C=O) groups is 1. The monoisotopic (exact) mass is 200 g/mol. The Morgan fingerprint density at radius 1 is 1.50 bits per heavy atom. The molecule has 1 heterocycles. The molecule has 4 nitrogen and oxygen atoms in total. The van der Waals surface area contributed by atoms with Crippen LogP contribution in [0.4, 0.5) is 4.79 Å². The second-order valence-electron chi connectivity index (χ2n) is 4.34. The molecular weight excluding hydrogens is 180 g/mol. The Bertz CT molecular complexity index is 204. The Balaban J connectivity index is 2.38. The van der Waals surface area contributed by atoms with Crippen LogP contribution in [0, 0.1) is 5.92 Å². The largest absolute Gasteiger partial charge is 0.393 e. The van der Waals surface area contributed by atoms with E-state index in [1.807, 2.05) is 13.8 Å². The summed E-state index contributed by atoms with van der Waals surface area (Å²) in [7, 11) is 0. The standard InChI is InChI=1S/C10H20N2O2/c1-7(2)11-10(14)12-5-4-9(6-12)8(3)13/h7-9,13H,4-6H2,1-3H3,(H,11,14). The minimum absolute atomic E-state index is 0.0110. The molecule has 0 aromatic carbocycles. The van der Waals surface area contributed by atoms with Crippen LogP contribution in [0.3, 0.4) is 0 Å². The van der Waals surface area contributed by atoms with Crippen molar-refractivity contribution in [1.29, 1.82) is 0 Å². The van der Waals surface area contributed by atoms with Gasteiger partial charge in [0.25, 0.3) is 0 Å². The summed E-state index contributed by atoms with van der Waals surface area (Å²) in [6.07, 6.45) is 0.593. The first-order valence-corrected chi connectivity index (χ1v) is 5.24. The van der Waals surface area contributed by atoms with Crippen LogP contribution in [0.2, 0.25) is 0 Å². The molecule has 2 N–H and O–H groups in total. The number of hydrogen-bond donors (Lipinski definition) is 2. The van der Waals surface area contributed by atoms with Gasteiger partial charge in [-0.05, 0) is 27.2 Å². The average molecular weight is 200 g/mol. The number of aliphatic hydroxyl groups excluding tert-OH is 1. The fourth-order valence-electron chi connectivity index (χ4n) is 1.70. The van der Waals surface area contributed by atoms with Gasteiger partial charge in [0.15, 0.2) is 0 Å². The highest BCUT2D eigenvalue weighted by molar-refractivity contribution is 5.74. The SMILES string of the molecule is CC(C)NC(=O)N1CCC(C(C)O)C1. The van der Waals surface area contributed by atoms with Crippen molar-refractivity contribution in [2.24, 2.45) is 5.92 Å². The quantitative estimate of drug-likeness (QED) is 0.693. The van der Waals surface area contributed by atoms with Gasteiger partial charge in [0.05, 0.1) is 6.10 Å². The predicted molar refractivity (Wildman–Crippen MR) is 55.0 cm³/mol. The highest BCUT2D eigenvalue weighted by atomic mass is 16.3. The zero-order valence-electron chi connectivity index (χ0n) is 9.16. The first kappa shape index (κ1) is 11.3. The molecule has 2 amide bonds. The maximum absolute atomic E-state index is 11.6. The van der Waals surface area contributed by atoms with Crippen molar-refractivity contribution in [2.75, 3.05) is 13.1 Å². The molecule has 0 saturated carbocycles. The number of hydrogen-bond acceptors (Lipinski definition) is 2. The van der Waals surface area contributed by atoms with Gasteiger partial charge in [-0.15, -0.1) is 0 Å². The Labute approximate surface area is 85.3 Å². The van der Waals surface area contributed by atoms with Crippen LogP contribution in [0.1, 0.15) is 27.2 Å². The van der Waals surface area contributed by atoms with E-state index in [9.17, 15) is 9.90 Å². The number of carbonyl (C=O) groups excluding carboxylic acids is 1. The van der Waals surface area contributed by atoms with Crippen LogP contribution in [0.25, 0.3) is 0 Å². The Hall–Kier alpha value is -0.770. The summed E-state index contributed by atoms with van der Waals surface area (Å²) < 4.78 is 0. The highest BCUT2D eigenvalue weighted by Crippen LogP contribution is 2.19. The lowest BCUT2D eigenvalue weighted by atomic mass is 10.0. The highest BCUT2D eigenvalue weighted by Gasteiger charge is 2.28. The van der Waals surface area contributed by atoms with E-state index in [1.165, 1.54) is 0 Å². The molecule has 14 heavy (non-hydrogen) atoms. The fraction of sp³-hybridized carbons (Fsp3) is 0.900. The summed E-state index contributed by atoms with van der Waals surface area (Å²) in [6, 6.07) is 0.163. The molecule has 1 aliphatic rings. The first-order chi connectivity index (χ1) is 6.50. The molecule has 1 fully saturated rings. The van der Waals surface area contributed by atoms with E-state index in [2.05, 4.69) is 5.32 Å². The molecule has 82 valence electrons. The minimum atomic E-state index is -0.313. The lowest BCUT2D eigenvalue weighted by Gasteiger charge is -2.19. The van der Waals surface area contributed by atoms with Gasteiger partial charge in [0.1, 0.15) is 0 Å². The van der Waals surface area contributed by atoms with Gasteiger partial charge in [-0.25, -0.2) is 4.79 Å². The molecule has 1 aliphatic heterocycles. The van der Waals surface area contributed by atoms with Crippen molar-refractivity contribution in [1.82, 2.24) is 10.2 Å². The lowest BCUT2D eigenvalue weighted by Crippen LogP contribution is -2.42. The Kier molecular flexibility index (Phi) is 3.75. The van der Waals surface area contributed by atoms with Crippen molar-refractivity contribution >= 4 is 6.03 Å². The van der Waals surface area contributed by atoms with E-state index in [-0.39, 0.29) is 24.1 Å². The molecule has 2 unspecified atom stereocenters. The maximum Gasteiger partial charge on any atom is 0.317 e. The smallest absolute Gasteiger partial charge is 0.317 e. The van der Waals surface area contributed by atoms with Crippen molar-refractivity contribution in [3.63, 3.8) is 0 Å². The number of amides is 2. The van der Waals surface area contributed by atoms with Crippen molar-refractivity contribution in [2.45, 2.75) is 39.3 Å². The molecule has 1 saturated heterocycles. The van der Waals surface area contributed by atoms with Gasteiger partial charge < -0.3 is 15.3 Å². The molecule has 0 spiro atoms. The molecule has 0 aromatic heterocycles. The van der Waals surface area contributed by atoms with Crippen molar-refractivity contribution < 1.29 is 9.90 Å². The summed E-state index contributed by atoms with van der Waals surface area (Å²) in [5.74, 6) is 0.243. The van der Waals surface area contributed by atoms with Crippen LogP contribution < -0.4 is 5.32 Å². The molecule has 0 aromatic rings. The fourth-order valence-corrected chi connectivity index (χ4v) is 1.70. The maximum atomic E-state index is 11.6. The third-order valence-electron chi connectivity index (χ3n) is 2.61. The van der Waals surface area contributed by atoms with Crippen LogP contribution in [0.15, 0.2) is 0 Å². The van der Waals surface area contributed by atoms with E-state index in [0.29, 0.717) is 6.54 Å². The number of urea groups is 1. The predicted octanol–water partition coefficient (Wildman–Crippen LogP) is 0.807. The molecule has 2 atom stereocenters. The van der Waals surface area contributed by atoms with E-state index < -0.39 is 0 Å². The minimum Gasteiger partial charge on any atom is -0.393 e. The average Bonchev–Trinajstić information content (AvgIpc) is 2.50. The molecular formula is C10H20N2O2. The molecule has 0 radical (unpaired) electrons. The summed E-state index contributed by atoms with van der Waals surface area (Å²) >= 11 is 0. The number of likely N-dealkylation sites (tertiary alicyclic amines) is 1. The van der Waals surface area contributed by atoms with Crippen LogP contribution >= 0.6 is 0 Å². The van der Waals surface area contributed by atoms with Crippen LogP contribution in [-0.2, 0) is 0 Å². The number of nitrogens with zero attached hydrogens (tertiary/aromatic N) is 1. The number of aliphatic hydroxyl groups is 1. The van der Waals surface area contributed by atoms with Crippen molar-refractivity contribution in [3.8, 4) is 0 Å². The second-order valence-corrected chi connectivity index (χ2v) is 4.34. The Morgan fingerprint density at radius 3 is 2.57 bits per heavy atom. The Morgan fingerprint density at radius 2 is 2.14 bits per heavy atom. The zero-order valence-corrected chi connectivity index (χ0v) is 9.16. The number of nitrogens with one attached hydrogen (secondary N) is 1. The van der Waals surface area contributed by atoms with E-state index >= 15 is 0 Å². The number of rotatable bonds is 2. The van der Waals surface area contributed by atoms with Gasteiger partial charge in [-0.1, -0.05) is 0 Å². The van der Waals surface area contributed by atoms with Crippen LogP contribution in [0.5, 0.6) is 0 Å². The third-order valence-corrected chi connectivity index (χ3v) is 2.61. The summed E-state index contributed by atoms with van der Waals surface area (Å²) in [5.41, 5.74) is 0. The molecule has 0 aliphatic carbocycles. The topological polar surface area (TPSA) is 52.6 Å². The second kappa shape index (κ2) is 4.64. The summed E-state index contributed by atoms with van der Waals surface area (Å²) in [4.78, 5) is 13.3. The molecule has 4 heteroatoms. The third kappa shape index (κ3) is 2.87. The van der Waals surface area contributed by atoms with Gasteiger partial charge in [-0.2, -0.15) is 0 Å². The lowest BCUT2D eigenvalue weighted by molar-refractivity contribution is 0.129. The van der Waals surface area contributed by atoms with Crippen molar-refractivity contribution in [3.05, 3.63) is 0 Å².